The van der Waals surface area contributed by atoms with E-state index in [-0.39, 0.29) is 18.0 Å². The number of carbonyl (C=O) groups is 2. The minimum atomic E-state index is -0.589. The summed E-state index contributed by atoms with van der Waals surface area (Å²) in [7, 11) is 0. The van der Waals surface area contributed by atoms with Crippen molar-refractivity contribution in [3.8, 4) is 0 Å². The van der Waals surface area contributed by atoms with E-state index in [1.54, 1.807) is 4.90 Å². The lowest BCUT2D eigenvalue weighted by Gasteiger charge is -2.35. The van der Waals surface area contributed by atoms with Crippen molar-refractivity contribution in [1.29, 1.82) is 0 Å². The van der Waals surface area contributed by atoms with E-state index in [0.717, 1.165) is 12.8 Å². The average Bonchev–Trinajstić information content (AvgIpc) is 2.34. The summed E-state index contributed by atoms with van der Waals surface area (Å²) in [4.78, 5) is 25.1. The third-order valence-corrected chi connectivity index (χ3v) is 3.57. The van der Waals surface area contributed by atoms with Crippen molar-refractivity contribution in [2.75, 3.05) is 19.6 Å². The van der Waals surface area contributed by atoms with Crippen LogP contribution in [0.15, 0.2) is 0 Å². The van der Waals surface area contributed by atoms with Crippen LogP contribution in [-0.4, -0.2) is 48.2 Å². The van der Waals surface area contributed by atoms with Crippen molar-refractivity contribution >= 4 is 12.0 Å². The first kappa shape index (κ1) is 17.8. The summed E-state index contributed by atoms with van der Waals surface area (Å²) in [6, 6.07) is 0.171. The number of piperidine rings is 1. The van der Waals surface area contributed by atoms with E-state index in [2.05, 4.69) is 5.32 Å². The molecule has 21 heavy (non-hydrogen) atoms. The second kappa shape index (κ2) is 6.64. The molecule has 0 aliphatic carbocycles. The van der Waals surface area contributed by atoms with Gasteiger partial charge in [-0.2, -0.15) is 0 Å². The number of nitrogens with one attached hydrogen (secondary N) is 1. The maximum Gasteiger partial charge on any atom is 0.410 e. The Bertz CT molecular complexity index is 388. The Kier molecular flexibility index (Phi) is 5.61. The molecule has 0 saturated carbocycles. The molecule has 0 aromatic heterocycles. The molecule has 0 aromatic rings. The lowest BCUT2D eigenvalue weighted by Crippen LogP contribution is -2.52. The first-order chi connectivity index (χ1) is 9.51. The van der Waals surface area contributed by atoms with E-state index in [1.807, 2.05) is 34.6 Å². The molecule has 0 aromatic carbocycles. The van der Waals surface area contributed by atoms with Crippen LogP contribution in [0, 0.1) is 5.41 Å². The summed E-state index contributed by atoms with van der Waals surface area (Å²) in [5.41, 5.74) is 4.30. The normalized spacial score (nSPS) is 20.2. The van der Waals surface area contributed by atoms with Crippen LogP contribution in [-0.2, 0) is 9.53 Å². The van der Waals surface area contributed by atoms with Crippen molar-refractivity contribution in [3.63, 3.8) is 0 Å². The van der Waals surface area contributed by atoms with E-state index in [0.29, 0.717) is 19.6 Å². The third-order valence-electron chi connectivity index (χ3n) is 3.57. The minimum absolute atomic E-state index is 0.171. The summed E-state index contributed by atoms with van der Waals surface area (Å²) < 4.78 is 5.39. The van der Waals surface area contributed by atoms with Crippen molar-refractivity contribution in [2.45, 2.75) is 59.1 Å². The highest BCUT2D eigenvalue weighted by Crippen LogP contribution is 2.17. The molecular weight excluding hydrogens is 270 g/mol. The zero-order valence-electron chi connectivity index (χ0n) is 13.9. The van der Waals surface area contributed by atoms with E-state index in [4.69, 9.17) is 10.5 Å². The summed E-state index contributed by atoms with van der Waals surface area (Å²) in [6.07, 6.45) is 1.63. The topological polar surface area (TPSA) is 84.7 Å². The van der Waals surface area contributed by atoms with Gasteiger partial charge < -0.3 is 20.7 Å². The lowest BCUT2D eigenvalue weighted by atomic mass is 9.92. The van der Waals surface area contributed by atoms with Crippen LogP contribution in [0.2, 0.25) is 0 Å². The quantitative estimate of drug-likeness (QED) is 0.823. The molecule has 1 unspecified atom stereocenters. The molecular formula is C15H29N3O3. The highest BCUT2D eigenvalue weighted by atomic mass is 16.6. The van der Waals surface area contributed by atoms with Gasteiger partial charge in [-0.15, -0.1) is 0 Å². The molecule has 6 nitrogen and oxygen atoms in total. The number of nitrogens with two attached hydrogens (primary N) is 1. The zero-order chi connectivity index (χ0) is 16.3. The number of rotatable bonds is 4. The number of ether oxygens (including phenoxy) is 1. The second-order valence-electron chi connectivity index (χ2n) is 7.39. The van der Waals surface area contributed by atoms with E-state index in [9.17, 15) is 9.59 Å². The number of likely N-dealkylation sites (tertiary alicyclic amines) is 1. The SMILES string of the molecule is CC(C)(C)OC(=O)N1CCCC(NCC(C)(C)C(N)=O)C1. The molecule has 1 saturated heterocycles. The van der Waals surface area contributed by atoms with Crippen molar-refractivity contribution < 1.29 is 14.3 Å². The molecule has 6 heteroatoms. The van der Waals surface area contributed by atoms with Gasteiger partial charge in [0.25, 0.3) is 0 Å². The summed E-state index contributed by atoms with van der Waals surface area (Å²) in [5, 5.41) is 3.34. The zero-order valence-corrected chi connectivity index (χ0v) is 13.9. The first-order valence-electron chi connectivity index (χ1n) is 7.52. The Balaban J connectivity index is 2.49. The van der Waals surface area contributed by atoms with Crippen LogP contribution in [0.5, 0.6) is 0 Å². The standard InChI is InChI=1S/C15H29N3O3/c1-14(2,3)21-13(20)18-8-6-7-11(9-18)17-10-15(4,5)12(16)19/h11,17H,6-10H2,1-5H3,(H2,16,19). The van der Waals surface area contributed by atoms with Crippen LogP contribution in [0.3, 0.4) is 0 Å². The Morgan fingerprint density at radius 2 is 1.90 bits per heavy atom. The van der Waals surface area contributed by atoms with Gasteiger partial charge in [0.05, 0.1) is 5.41 Å². The van der Waals surface area contributed by atoms with Gasteiger partial charge in [0, 0.05) is 25.7 Å². The molecule has 1 heterocycles. The Hall–Kier alpha value is -1.30. The molecule has 0 radical (unpaired) electrons. The number of hydrogen-bond acceptors (Lipinski definition) is 4. The molecule has 1 aliphatic heterocycles. The van der Waals surface area contributed by atoms with Gasteiger partial charge in [0.1, 0.15) is 5.60 Å². The van der Waals surface area contributed by atoms with Crippen LogP contribution in [0.25, 0.3) is 0 Å². The molecule has 3 N–H and O–H groups in total. The number of hydrogen-bond donors (Lipinski definition) is 2. The van der Waals surface area contributed by atoms with Crippen LogP contribution >= 0.6 is 0 Å². The smallest absolute Gasteiger partial charge is 0.410 e. The van der Waals surface area contributed by atoms with Gasteiger partial charge in [0.15, 0.2) is 0 Å². The number of amides is 2. The Labute approximate surface area is 127 Å². The Morgan fingerprint density at radius 1 is 1.29 bits per heavy atom. The first-order valence-corrected chi connectivity index (χ1v) is 7.52. The molecule has 0 spiro atoms. The lowest BCUT2D eigenvalue weighted by molar-refractivity contribution is -0.125. The van der Waals surface area contributed by atoms with Crippen LogP contribution in [0.1, 0.15) is 47.5 Å². The van der Waals surface area contributed by atoms with Crippen molar-refractivity contribution in [3.05, 3.63) is 0 Å². The van der Waals surface area contributed by atoms with Crippen molar-refractivity contribution in [2.24, 2.45) is 11.1 Å². The largest absolute Gasteiger partial charge is 0.444 e. The fraction of sp³-hybridized carbons (Fsp3) is 0.867. The van der Waals surface area contributed by atoms with E-state index < -0.39 is 11.0 Å². The average molecular weight is 299 g/mol. The monoisotopic (exact) mass is 299 g/mol. The van der Waals surface area contributed by atoms with Gasteiger partial charge in [-0.25, -0.2) is 4.79 Å². The fourth-order valence-corrected chi connectivity index (χ4v) is 2.12. The predicted molar refractivity (Wildman–Crippen MR) is 81.8 cm³/mol. The highest BCUT2D eigenvalue weighted by Gasteiger charge is 2.30. The van der Waals surface area contributed by atoms with E-state index >= 15 is 0 Å². The molecule has 1 atom stereocenters. The van der Waals surface area contributed by atoms with Crippen LogP contribution < -0.4 is 11.1 Å². The highest BCUT2D eigenvalue weighted by molar-refractivity contribution is 5.80. The van der Waals surface area contributed by atoms with E-state index in [1.165, 1.54) is 0 Å². The van der Waals surface area contributed by atoms with Crippen molar-refractivity contribution in [1.82, 2.24) is 10.2 Å². The Morgan fingerprint density at radius 3 is 2.43 bits per heavy atom. The maximum atomic E-state index is 12.1. The number of carbonyl (C=O) groups excluding carboxylic acids is 2. The second-order valence-corrected chi connectivity index (χ2v) is 7.39. The maximum absolute atomic E-state index is 12.1. The van der Waals surface area contributed by atoms with Gasteiger partial charge in [-0.3, -0.25) is 4.79 Å². The number of nitrogens with zero attached hydrogens (tertiary/aromatic N) is 1. The fourth-order valence-electron chi connectivity index (χ4n) is 2.12. The van der Waals surface area contributed by atoms with Gasteiger partial charge >= 0.3 is 6.09 Å². The summed E-state index contributed by atoms with van der Waals surface area (Å²) in [6.45, 7) is 11.0. The summed E-state index contributed by atoms with van der Waals surface area (Å²) in [5.74, 6) is -0.324. The minimum Gasteiger partial charge on any atom is -0.444 e. The van der Waals surface area contributed by atoms with Gasteiger partial charge in [0.2, 0.25) is 5.91 Å². The van der Waals surface area contributed by atoms with Gasteiger partial charge in [-0.05, 0) is 47.5 Å². The molecule has 0 bridgehead atoms. The molecule has 1 aliphatic rings. The molecule has 1 rings (SSSR count). The third kappa shape index (κ3) is 5.91. The number of primary amides is 1. The van der Waals surface area contributed by atoms with Gasteiger partial charge in [-0.1, -0.05) is 0 Å². The molecule has 2 amide bonds. The van der Waals surface area contributed by atoms with Crippen LogP contribution in [0.4, 0.5) is 4.79 Å². The predicted octanol–water partition coefficient (Wildman–Crippen LogP) is 1.49. The summed E-state index contributed by atoms with van der Waals surface area (Å²) >= 11 is 0. The molecule has 1 fully saturated rings. The molecule has 122 valence electrons.